The van der Waals surface area contributed by atoms with Gasteiger partial charge >= 0.3 is 26.2 Å². The molecular formula is C15H19ClZr. The Labute approximate surface area is 130 Å². The molecule has 0 radical (unpaired) electrons. The first-order valence-corrected chi connectivity index (χ1v) is 5.68. The number of allylic oxidation sites excluding steroid dienone is 8. The van der Waals surface area contributed by atoms with Gasteiger partial charge in [-0.25, -0.2) is 0 Å². The molecule has 0 bridgehead atoms. The van der Waals surface area contributed by atoms with Crippen molar-refractivity contribution in [1.82, 2.24) is 0 Å². The first-order chi connectivity index (χ1) is 7.09. The third-order valence-corrected chi connectivity index (χ3v) is 3.49. The third-order valence-electron chi connectivity index (χ3n) is 3.49. The zero-order valence-corrected chi connectivity index (χ0v) is 14.2. The summed E-state index contributed by atoms with van der Waals surface area (Å²) >= 11 is 0. The molecule has 0 nitrogen and oxygen atoms in total. The van der Waals surface area contributed by atoms with E-state index >= 15 is 0 Å². The molecule has 0 aromatic heterocycles. The van der Waals surface area contributed by atoms with Gasteiger partial charge in [0.25, 0.3) is 0 Å². The molecular weight excluding hydrogens is 307 g/mol. The Morgan fingerprint density at radius 1 is 0.824 bits per heavy atom. The maximum Gasteiger partial charge on any atom is 2.00 e. The zero-order chi connectivity index (χ0) is 11.0. The van der Waals surface area contributed by atoms with Gasteiger partial charge in [0.05, 0.1) is 0 Å². The molecule has 0 saturated carbocycles. The summed E-state index contributed by atoms with van der Waals surface area (Å²) in [5, 5.41) is 0. The molecule has 0 amide bonds. The van der Waals surface area contributed by atoms with Crippen LogP contribution in [-0.4, -0.2) is 0 Å². The minimum Gasteiger partial charge on any atom is -1.00 e. The Morgan fingerprint density at radius 3 is 1.41 bits per heavy atom. The van der Waals surface area contributed by atoms with Crippen LogP contribution in [0.2, 0.25) is 0 Å². The standard InChI is InChI=1S/C15H19.ClH.Zr/c1-10-5-6-11(2)14(10)9-15-12(3)7-8-13(15)4;;/h5,7,9H,6,8H2,1-4H3;1H;/q-1;;+2/p-1. The van der Waals surface area contributed by atoms with Gasteiger partial charge < -0.3 is 12.4 Å². The van der Waals surface area contributed by atoms with Crippen molar-refractivity contribution in [3.63, 3.8) is 0 Å². The van der Waals surface area contributed by atoms with Gasteiger partial charge in [0.2, 0.25) is 0 Å². The van der Waals surface area contributed by atoms with Gasteiger partial charge in [0.1, 0.15) is 0 Å². The van der Waals surface area contributed by atoms with Crippen molar-refractivity contribution in [2.45, 2.75) is 40.5 Å². The van der Waals surface area contributed by atoms with Crippen LogP contribution in [0.5, 0.6) is 0 Å². The zero-order valence-electron chi connectivity index (χ0n) is 11.0. The van der Waals surface area contributed by atoms with Gasteiger partial charge in [-0.3, -0.25) is 0 Å². The normalized spacial score (nSPS) is 18.6. The number of halogens is 1. The van der Waals surface area contributed by atoms with Gasteiger partial charge in [-0.2, -0.15) is 0 Å². The summed E-state index contributed by atoms with van der Waals surface area (Å²) in [5.74, 6) is 0. The number of hydrogen-bond acceptors (Lipinski definition) is 0. The maximum absolute atomic E-state index is 2.38. The van der Waals surface area contributed by atoms with Crippen LogP contribution in [0.25, 0.3) is 0 Å². The molecule has 0 aromatic carbocycles. The van der Waals surface area contributed by atoms with E-state index in [-0.39, 0.29) is 38.6 Å². The Hall–Kier alpha value is 0.00312. The van der Waals surface area contributed by atoms with Gasteiger partial charge in [-0.15, -0.1) is 52.0 Å². The molecule has 17 heavy (non-hydrogen) atoms. The van der Waals surface area contributed by atoms with E-state index in [9.17, 15) is 0 Å². The predicted octanol–water partition coefficient (Wildman–Crippen LogP) is 1.53. The van der Waals surface area contributed by atoms with Crippen LogP contribution in [0.15, 0.2) is 45.6 Å². The summed E-state index contributed by atoms with van der Waals surface area (Å²) < 4.78 is 0. The Morgan fingerprint density at radius 2 is 1.18 bits per heavy atom. The summed E-state index contributed by atoms with van der Waals surface area (Å²) in [6.07, 6.45) is 9.29. The molecule has 0 heterocycles. The molecule has 0 aliphatic heterocycles. The first kappa shape index (κ1) is 17.0. The minimum atomic E-state index is 0. The molecule has 0 unspecified atom stereocenters. The topological polar surface area (TPSA) is 0 Å². The number of hydrogen-bond donors (Lipinski definition) is 0. The van der Waals surface area contributed by atoms with Crippen LogP contribution in [0, 0.1) is 6.42 Å². The molecule has 0 atom stereocenters. The van der Waals surface area contributed by atoms with Crippen LogP contribution in [0.3, 0.4) is 0 Å². The molecule has 2 heteroatoms. The first-order valence-electron chi connectivity index (χ1n) is 5.68. The van der Waals surface area contributed by atoms with Crippen molar-refractivity contribution in [1.29, 1.82) is 0 Å². The fraction of sp³-hybridized carbons (Fsp3) is 0.400. The fourth-order valence-electron chi connectivity index (χ4n) is 2.34. The SMILES string of the molecule is CC1=CCC(C)=C1[CH-]C1=C(C)CC=C1C.[Cl-].[Zr+2]. The fourth-order valence-corrected chi connectivity index (χ4v) is 2.34. The van der Waals surface area contributed by atoms with Crippen molar-refractivity contribution in [3.05, 3.63) is 52.0 Å². The maximum atomic E-state index is 2.38. The van der Waals surface area contributed by atoms with Crippen molar-refractivity contribution < 1.29 is 38.6 Å². The van der Waals surface area contributed by atoms with Gasteiger partial charge in [0, 0.05) is 0 Å². The van der Waals surface area contributed by atoms with Gasteiger partial charge in [0.15, 0.2) is 0 Å². The molecule has 2 rings (SSSR count). The van der Waals surface area contributed by atoms with Crippen molar-refractivity contribution in [2.24, 2.45) is 0 Å². The second-order valence-corrected chi connectivity index (χ2v) is 4.71. The number of rotatable bonds is 2. The Balaban J connectivity index is 0.00000128. The largest absolute Gasteiger partial charge is 2.00 e. The van der Waals surface area contributed by atoms with E-state index in [1.165, 1.54) is 33.4 Å². The monoisotopic (exact) mass is 324 g/mol. The average molecular weight is 326 g/mol. The van der Waals surface area contributed by atoms with Gasteiger partial charge in [-0.05, 0) is 12.8 Å². The van der Waals surface area contributed by atoms with Crippen LogP contribution in [-0.2, 0) is 26.2 Å². The minimum absolute atomic E-state index is 0. The Kier molecular flexibility index (Phi) is 6.81. The molecule has 0 fully saturated rings. The van der Waals surface area contributed by atoms with E-state index in [4.69, 9.17) is 0 Å². The second-order valence-electron chi connectivity index (χ2n) is 4.71. The van der Waals surface area contributed by atoms with E-state index < -0.39 is 0 Å². The van der Waals surface area contributed by atoms with E-state index in [2.05, 4.69) is 46.3 Å². The van der Waals surface area contributed by atoms with E-state index in [1.807, 2.05) is 0 Å². The van der Waals surface area contributed by atoms with E-state index in [0.29, 0.717) is 0 Å². The summed E-state index contributed by atoms with van der Waals surface area (Å²) in [6, 6.07) is 0. The summed E-state index contributed by atoms with van der Waals surface area (Å²) in [6.45, 7) is 8.91. The third kappa shape index (κ3) is 3.49. The summed E-state index contributed by atoms with van der Waals surface area (Å²) in [4.78, 5) is 0. The smallest absolute Gasteiger partial charge is 1.00 e. The van der Waals surface area contributed by atoms with Crippen LogP contribution < -0.4 is 12.4 Å². The van der Waals surface area contributed by atoms with Gasteiger partial charge in [-0.1, -0.05) is 27.7 Å². The van der Waals surface area contributed by atoms with Crippen LogP contribution in [0.1, 0.15) is 40.5 Å². The summed E-state index contributed by atoms with van der Waals surface area (Å²) in [5.41, 5.74) is 8.80. The van der Waals surface area contributed by atoms with E-state index in [1.54, 1.807) is 0 Å². The molecule has 0 N–H and O–H groups in total. The molecule has 90 valence electrons. The molecule has 0 saturated heterocycles. The molecule has 2 aliphatic rings. The molecule has 2 aliphatic carbocycles. The van der Waals surface area contributed by atoms with Crippen molar-refractivity contribution >= 4 is 0 Å². The van der Waals surface area contributed by atoms with Crippen molar-refractivity contribution in [3.8, 4) is 0 Å². The van der Waals surface area contributed by atoms with Crippen LogP contribution in [0.4, 0.5) is 0 Å². The van der Waals surface area contributed by atoms with Crippen molar-refractivity contribution in [2.75, 3.05) is 0 Å². The van der Waals surface area contributed by atoms with Crippen LogP contribution >= 0.6 is 0 Å². The Bertz CT molecular complexity index is 382. The quantitative estimate of drug-likeness (QED) is 0.675. The molecule has 0 spiro atoms. The summed E-state index contributed by atoms with van der Waals surface area (Å²) in [7, 11) is 0. The predicted molar refractivity (Wildman–Crippen MR) is 66.4 cm³/mol. The van der Waals surface area contributed by atoms with E-state index in [0.717, 1.165) is 12.8 Å². The molecule has 0 aromatic rings. The second kappa shape index (κ2) is 6.81. The average Bonchev–Trinajstić information content (AvgIpc) is 2.67.